The number of carbonyl (C=O) groups is 2. The molecule has 0 aromatic heterocycles. The van der Waals surface area contributed by atoms with Crippen molar-refractivity contribution in [2.75, 3.05) is 25.5 Å². The van der Waals surface area contributed by atoms with Crippen LogP contribution in [0.3, 0.4) is 0 Å². The fraction of sp³-hybridized carbons (Fsp3) is 0.333. The standard InChI is InChI=1S/C21H24N2O5S/c1-28-21(25)17-8-6-7-16(15-17)20(24)22-18-9-11-19(12-10-18)29(26,27)23-13-4-2-3-5-14-23/h6-12,15H,2-5,13-14H2,1H3,(H,22,24). The van der Waals surface area contributed by atoms with Gasteiger partial charge in [-0.1, -0.05) is 18.9 Å². The van der Waals surface area contributed by atoms with Crippen LogP contribution >= 0.6 is 0 Å². The Kier molecular flexibility index (Phi) is 6.66. The highest BCUT2D eigenvalue weighted by atomic mass is 32.2. The quantitative estimate of drug-likeness (QED) is 0.755. The van der Waals surface area contributed by atoms with Gasteiger partial charge in [-0.2, -0.15) is 4.31 Å². The van der Waals surface area contributed by atoms with Gasteiger partial charge in [-0.05, 0) is 55.3 Å². The van der Waals surface area contributed by atoms with Crippen LogP contribution in [0.1, 0.15) is 46.4 Å². The highest BCUT2D eigenvalue weighted by Crippen LogP contribution is 2.22. The number of benzene rings is 2. The van der Waals surface area contributed by atoms with E-state index in [4.69, 9.17) is 0 Å². The van der Waals surface area contributed by atoms with Crippen molar-refractivity contribution in [3.05, 3.63) is 59.7 Å². The second-order valence-electron chi connectivity index (χ2n) is 6.87. The third-order valence-corrected chi connectivity index (χ3v) is 6.77. The van der Waals surface area contributed by atoms with Gasteiger partial charge >= 0.3 is 5.97 Å². The summed E-state index contributed by atoms with van der Waals surface area (Å²) in [7, 11) is -2.26. The third-order valence-electron chi connectivity index (χ3n) is 4.86. The molecule has 7 nitrogen and oxygen atoms in total. The molecule has 1 aliphatic heterocycles. The van der Waals surface area contributed by atoms with Gasteiger partial charge in [0.05, 0.1) is 17.6 Å². The number of rotatable bonds is 5. The van der Waals surface area contributed by atoms with Gasteiger partial charge in [0.1, 0.15) is 0 Å². The summed E-state index contributed by atoms with van der Waals surface area (Å²) < 4.78 is 31.8. The SMILES string of the molecule is COC(=O)c1cccc(C(=O)Nc2ccc(S(=O)(=O)N3CCCCCC3)cc2)c1. The molecule has 29 heavy (non-hydrogen) atoms. The zero-order valence-corrected chi connectivity index (χ0v) is 17.1. The predicted molar refractivity (Wildman–Crippen MR) is 109 cm³/mol. The summed E-state index contributed by atoms with van der Waals surface area (Å²) in [5, 5.41) is 2.71. The molecule has 2 aromatic carbocycles. The summed E-state index contributed by atoms with van der Waals surface area (Å²) >= 11 is 0. The van der Waals surface area contributed by atoms with Crippen LogP contribution in [-0.4, -0.2) is 44.8 Å². The van der Waals surface area contributed by atoms with Crippen molar-refractivity contribution in [3.8, 4) is 0 Å². The maximum atomic E-state index is 12.8. The molecule has 1 aliphatic rings. The fourth-order valence-electron chi connectivity index (χ4n) is 3.25. The molecular formula is C21H24N2O5S. The maximum absolute atomic E-state index is 12.8. The molecule has 1 heterocycles. The van der Waals surface area contributed by atoms with Crippen molar-refractivity contribution in [2.24, 2.45) is 0 Å². The van der Waals surface area contributed by atoms with E-state index >= 15 is 0 Å². The number of anilines is 1. The summed E-state index contributed by atoms with van der Waals surface area (Å²) in [5.74, 6) is -0.929. The summed E-state index contributed by atoms with van der Waals surface area (Å²) in [6, 6.07) is 12.3. The Morgan fingerprint density at radius 2 is 1.55 bits per heavy atom. The Morgan fingerprint density at radius 3 is 2.17 bits per heavy atom. The van der Waals surface area contributed by atoms with Gasteiger partial charge in [-0.3, -0.25) is 4.79 Å². The van der Waals surface area contributed by atoms with E-state index < -0.39 is 21.9 Å². The van der Waals surface area contributed by atoms with Crippen LogP contribution in [0.25, 0.3) is 0 Å². The lowest BCUT2D eigenvalue weighted by Gasteiger charge is -2.20. The van der Waals surface area contributed by atoms with Crippen molar-refractivity contribution < 1.29 is 22.7 Å². The number of ether oxygens (including phenoxy) is 1. The average molecular weight is 416 g/mol. The van der Waals surface area contributed by atoms with Crippen molar-refractivity contribution in [1.29, 1.82) is 0 Å². The molecule has 0 bridgehead atoms. The number of carbonyl (C=O) groups excluding carboxylic acids is 2. The number of nitrogens with one attached hydrogen (secondary N) is 1. The smallest absolute Gasteiger partial charge is 0.337 e. The molecule has 0 atom stereocenters. The minimum absolute atomic E-state index is 0.213. The topological polar surface area (TPSA) is 92.8 Å². The molecule has 2 aromatic rings. The molecule has 1 fully saturated rings. The van der Waals surface area contributed by atoms with Crippen molar-refractivity contribution >= 4 is 27.6 Å². The molecular weight excluding hydrogens is 392 g/mol. The van der Waals surface area contributed by atoms with Crippen molar-refractivity contribution in [2.45, 2.75) is 30.6 Å². The van der Waals surface area contributed by atoms with Crippen molar-refractivity contribution in [1.82, 2.24) is 4.31 Å². The highest BCUT2D eigenvalue weighted by molar-refractivity contribution is 7.89. The zero-order chi connectivity index (χ0) is 20.9. The first-order chi connectivity index (χ1) is 13.9. The number of esters is 1. The zero-order valence-electron chi connectivity index (χ0n) is 16.3. The van der Waals surface area contributed by atoms with Crippen LogP contribution < -0.4 is 5.32 Å². The maximum Gasteiger partial charge on any atom is 0.337 e. The van der Waals surface area contributed by atoms with Crippen LogP contribution in [0.2, 0.25) is 0 Å². The summed E-state index contributed by atoms with van der Waals surface area (Å²) in [4.78, 5) is 24.3. The monoisotopic (exact) mass is 416 g/mol. The largest absolute Gasteiger partial charge is 0.465 e. The van der Waals surface area contributed by atoms with E-state index in [1.165, 1.54) is 29.6 Å². The summed E-state index contributed by atoms with van der Waals surface area (Å²) in [6.45, 7) is 1.08. The molecule has 0 aliphatic carbocycles. The molecule has 3 rings (SSSR count). The van der Waals surface area contributed by atoms with Crippen LogP contribution in [0.5, 0.6) is 0 Å². The minimum atomic E-state index is -3.53. The Balaban J connectivity index is 1.72. The first kappa shape index (κ1) is 21.0. The Labute approximate surface area is 170 Å². The molecule has 0 radical (unpaired) electrons. The lowest BCUT2D eigenvalue weighted by Crippen LogP contribution is -2.31. The summed E-state index contributed by atoms with van der Waals surface area (Å²) in [5.41, 5.74) is 1.04. The van der Waals surface area contributed by atoms with Crippen LogP contribution in [0, 0.1) is 0 Å². The number of nitrogens with zero attached hydrogens (tertiary/aromatic N) is 1. The molecule has 0 unspecified atom stereocenters. The van der Waals surface area contributed by atoms with Crippen LogP contribution in [0.4, 0.5) is 5.69 Å². The first-order valence-corrected chi connectivity index (χ1v) is 11.0. The average Bonchev–Trinajstić information content (AvgIpc) is 3.04. The predicted octanol–water partition coefficient (Wildman–Crippen LogP) is 3.29. The molecule has 0 spiro atoms. The Hall–Kier alpha value is -2.71. The van der Waals surface area contributed by atoms with Gasteiger partial charge in [0.15, 0.2) is 0 Å². The molecule has 0 saturated carbocycles. The lowest BCUT2D eigenvalue weighted by atomic mass is 10.1. The van der Waals surface area contributed by atoms with Gasteiger partial charge in [0, 0.05) is 24.3 Å². The van der Waals surface area contributed by atoms with Gasteiger partial charge in [-0.25, -0.2) is 13.2 Å². The number of methoxy groups -OCH3 is 1. The minimum Gasteiger partial charge on any atom is -0.465 e. The normalized spacial score (nSPS) is 15.3. The molecule has 8 heteroatoms. The number of sulfonamides is 1. The van der Waals surface area contributed by atoms with Crippen LogP contribution in [0.15, 0.2) is 53.4 Å². The van der Waals surface area contributed by atoms with E-state index in [2.05, 4.69) is 10.1 Å². The molecule has 1 saturated heterocycles. The summed E-state index contributed by atoms with van der Waals surface area (Å²) in [6.07, 6.45) is 3.85. The number of amides is 1. The highest BCUT2D eigenvalue weighted by Gasteiger charge is 2.25. The van der Waals surface area contributed by atoms with Gasteiger partial charge in [0.2, 0.25) is 10.0 Å². The molecule has 1 N–H and O–H groups in total. The van der Waals surface area contributed by atoms with Gasteiger partial charge < -0.3 is 10.1 Å². The van der Waals surface area contributed by atoms with E-state index in [1.54, 1.807) is 30.3 Å². The van der Waals surface area contributed by atoms with Gasteiger partial charge in [0.25, 0.3) is 5.91 Å². The second kappa shape index (κ2) is 9.19. The van der Waals surface area contributed by atoms with E-state index in [9.17, 15) is 18.0 Å². The van der Waals surface area contributed by atoms with E-state index in [0.29, 0.717) is 24.3 Å². The van der Waals surface area contributed by atoms with E-state index in [0.717, 1.165) is 25.7 Å². The Morgan fingerprint density at radius 1 is 0.931 bits per heavy atom. The first-order valence-electron chi connectivity index (χ1n) is 9.52. The lowest BCUT2D eigenvalue weighted by molar-refractivity contribution is 0.0600. The second-order valence-corrected chi connectivity index (χ2v) is 8.81. The molecule has 154 valence electrons. The number of hydrogen-bond donors (Lipinski definition) is 1. The number of hydrogen-bond acceptors (Lipinski definition) is 5. The Bertz CT molecular complexity index is 978. The fourth-order valence-corrected chi connectivity index (χ4v) is 4.77. The molecule has 1 amide bonds. The third kappa shape index (κ3) is 5.02. The van der Waals surface area contributed by atoms with Crippen molar-refractivity contribution in [3.63, 3.8) is 0 Å². The van der Waals surface area contributed by atoms with E-state index in [1.807, 2.05) is 0 Å². The van der Waals surface area contributed by atoms with E-state index in [-0.39, 0.29) is 10.5 Å². The van der Waals surface area contributed by atoms with Crippen LogP contribution in [-0.2, 0) is 14.8 Å². The van der Waals surface area contributed by atoms with Gasteiger partial charge in [-0.15, -0.1) is 0 Å².